The van der Waals surface area contributed by atoms with Crippen LogP contribution in [-0.2, 0) is 9.53 Å². The molecule has 152 valence electrons. The van der Waals surface area contributed by atoms with Crippen molar-refractivity contribution < 1.29 is 9.53 Å². The molecule has 0 saturated carbocycles. The number of para-hydroxylation sites is 1. The molecule has 2 heterocycles. The molecule has 5 nitrogen and oxygen atoms in total. The number of carbonyl (C=O) groups excluding carboxylic acids is 1. The van der Waals surface area contributed by atoms with Crippen LogP contribution in [0.15, 0.2) is 52.9 Å². The number of rotatable bonds is 7. The molecule has 1 unspecified atom stereocenters. The summed E-state index contributed by atoms with van der Waals surface area (Å²) in [6.07, 6.45) is 0. The van der Waals surface area contributed by atoms with E-state index in [0.717, 1.165) is 38.2 Å². The molecule has 1 fully saturated rings. The van der Waals surface area contributed by atoms with Crippen LogP contribution in [0.1, 0.15) is 11.6 Å². The number of halogens is 1. The Balaban J connectivity index is 1.37. The van der Waals surface area contributed by atoms with Crippen molar-refractivity contribution in [1.82, 2.24) is 15.2 Å². The molecular formula is C21H22ClN3O2S2. The lowest BCUT2D eigenvalue weighted by atomic mass is 10.0. The molecule has 3 aromatic rings. The lowest BCUT2D eigenvalue weighted by Gasteiger charge is -2.35. The molecule has 0 radical (unpaired) electrons. The first-order valence-corrected chi connectivity index (χ1v) is 11.7. The summed E-state index contributed by atoms with van der Waals surface area (Å²) in [6, 6.07) is 15.9. The second-order valence-corrected chi connectivity index (χ2v) is 9.39. The summed E-state index contributed by atoms with van der Waals surface area (Å²) in [5, 5.41) is 3.81. The molecule has 1 aliphatic heterocycles. The Morgan fingerprint density at radius 2 is 1.97 bits per heavy atom. The number of carbonyl (C=O) groups is 1. The number of aromatic nitrogens is 1. The van der Waals surface area contributed by atoms with E-state index < -0.39 is 0 Å². The second kappa shape index (κ2) is 9.91. The third-order valence-electron chi connectivity index (χ3n) is 4.84. The number of morpholine rings is 1. The molecule has 1 amide bonds. The van der Waals surface area contributed by atoms with Gasteiger partial charge in [0.2, 0.25) is 5.91 Å². The first kappa shape index (κ1) is 20.6. The number of thiazole rings is 1. The van der Waals surface area contributed by atoms with Crippen LogP contribution in [0.5, 0.6) is 0 Å². The molecule has 1 N–H and O–H groups in total. The van der Waals surface area contributed by atoms with E-state index >= 15 is 0 Å². The lowest BCUT2D eigenvalue weighted by Crippen LogP contribution is -2.44. The highest BCUT2D eigenvalue weighted by molar-refractivity contribution is 8.01. The molecule has 0 aliphatic carbocycles. The van der Waals surface area contributed by atoms with E-state index in [4.69, 9.17) is 16.3 Å². The van der Waals surface area contributed by atoms with Gasteiger partial charge >= 0.3 is 0 Å². The van der Waals surface area contributed by atoms with Gasteiger partial charge in [-0.1, -0.05) is 53.7 Å². The van der Waals surface area contributed by atoms with Crippen molar-refractivity contribution in [2.24, 2.45) is 0 Å². The van der Waals surface area contributed by atoms with Crippen LogP contribution in [0.2, 0.25) is 5.02 Å². The van der Waals surface area contributed by atoms with Gasteiger partial charge in [-0.15, -0.1) is 11.3 Å². The number of hydrogen-bond acceptors (Lipinski definition) is 6. The Kier molecular flexibility index (Phi) is 7.05. The molecule has 8 heteroatoms. The van der Waals surface area contributed by atoms with Crippen LogP contribution in [0.4, 0.5) is 0 Å². The minimum atomic E-state index is -0.000399. The molecule has 1 aromatic heterocycles. The molecule has 4 rings (SSSR count). The predicted octanol–water partition coefficient (Wildman–Crippen LogP) is 4.23. The summed E-state index contributed by atoms with van der Waals surface area (Å²) in [5.74, 6) is 0.345. The second-order valence-electron chi connectivity index (χ2n) is 6.73. The van der Waals surface area contributed by atoms with Crippen molar-refractivity contribution in [3.8, 4) is 0 Å². The summed E-state index contributed by atoms with van der Waals surface area (Å²) < 4.78 is 7.54. The van der Waals surface area contributed by atoms with Gasteiger partial charge in [0.15, 0.2) is 4.34 Å². The van der Waals surface area contributed by atoms with Gasteiger partial charge in [0, 0.05) is 24.7 Å². The van der Waals surface area contributed by atoms with Crippen molar-refractivity contribution >= 4 is 50.8 Å². The van der Waals surface area contributed by atoms with E-state index in [1.165, 1.54) is 11.8 Å². The predicted molar refractivity (Wildman–Crippen MR) is 120 cm³/mol. The third-order valence-corrected chi connectivity index (χ3v) is 7.37. The maximum absolute atomic E-state index is 12.5. The van der Waals surface area contributed by atoms with Crippen molar-refractivity contribution in [1.29, 1.82) is 0 Å². The van der Waals surface area contributed by atoms with Gasteiger partial charge in [0.1, 0.15) is 0 Å². The van der Waals surface area contributed by atoms with Gasteiger partial charge in [-0.05, 0) is 23.8 Å². The highest BCUT2D eigenvalue weighted by atomic mass is 35.5. The number of nitrogens with one attached hydrogen (secondary N) is 1. The molecule has 29 heavy (non-hydrogen) atoms. The molecule has 1 atom stereocenters. The fourth-order valence-corrected chi connectivity index (χ4v) is 5.53. The van der Waals surface area contributed by atoms with Crippen molar-refractivity contribution in [2.75, 3.05) is 38.6 Å². The molecule has 1 saturated heterocycles. The number of hydrogen-bond donors (Lipinski definition) is 1. The van der Waals surface area contributed by atoms with Crippen LogP contribution in [-0.4, -0.2) is 54.4 Å². The van der Waals surface area contributed by atoms with Crippen LogP contribution in [0.3, 0.4) is 0 Å². The number of amides is 1. The van der Waals surface area contributed by atoms with Crippen LogP contribution >= 0.6 is 34.7 Å². The van der Waals surface area contributed by atoms with Crippen molar-refractivity contribution in [3.05, 3.63) is 59.1 Å². The number of fused-ring (bicyclic) bond motifs is 1. The zero-order valence-electron chi connectivity index (χ0n) is 15.8. The van der Waals surface area contributed by atoms with Crippen LogP contribution in [0.25, 0.3) is 10.2 Å². The van der Waals surface area contributed by atoms with Gasteiger partial charge in [-0.3, -0.25) is 9.69 Å². The van der Waals surface area contributed by atoms with E-state index in [1.807, 2.05) is 48.5 Å². The first-order valence-electron chi connectivity index (χ1n) is 9.52. The minimum Gasteiger partial charge on any atom is -0.379 e. The zero-order valence-corrected chi connectivity index (χ0v) is 18.2. The van der Waals surface area contributed by atoms with E-state index in [0.29, 0.717) is 25.5 Å². The van der Waals surface area contributed by atoms with Gasteiger partial charge in [-0.25, -0.2) is 4.98 Å². The first-order chi connectivity index (χ1) is 14.2. The fraction of sp³-hybridized carbons (Fsp3) is 0.333. The monoisotopic (exact) mass is 447 g/mol. The van der Waals surface area contributed by atoms with Gasteiger partial charge in [0.05, 0.1) is 35.2 Å². The Morgan fingerprint density at radius 3 is 2.76 bits per heavy atom. The van der Waals surface area contributed by atoms with Gasteiger partial charge in [0.25, 0.3) is 0 Å². The molecule has 0 spiro atoms. The van der Waals surface area contributed by atoms with E-state index in [-0.39, 0.29) is 11.9 Å². The van der Waals surface area contributed by atoms with E-state index in [2.05, 4.69) is 15.2 Å². The third kappa shape index (κ3) is 5.29. The normalized spacial score (nSPS) is 16.0. The SMILES string of the molecule is O=C(CSc1nc2ccccc2s1)NCC(c1ccccc1Cl)N1CCOCC1. The maximum Gasteiger partial charge on any atom is 0.230 e. The summed E-state index contributed by atoms with van der Waals surface area (Å²) in [5.41, 5.74) is 2.02. The number of thioether (sulfide) groups is 1. The number of nitrogens with zero attached hydrogens (tertiary/aromatic N) is 2. The molecule has 2 aromatic carbocycles. The largest absolute Gasteiger partial charge is 0.379 e. The van der Waals surface area contributed by atoms with Crippen LogP contribution in [0, 0.1) is 0 Å². The fourth-order valence-electron chi connectivity index (χ4n) is 3.37. The number of benzene rings is 2. The average molecular weight is 448 g/mol. The van der Waals surface area contributed by atoms with Crippen molar-refractivity contribution in [2.45, 2.75) is 10.4 Å². The highest BCUT2D eigenvalue weighted by Gasteiger charge is 2.24. The average Bonchev–Trinajstić information content (AvgIpc) is 3.17. The lowest BCUT2D eigenvalue weighted by molar-refractivity contribution is -0.118. The van der Waals surface area contributed by atoms with Gasteiger partial charge in [-0.2, -0.15) is 0 Å². The molecule has 1 aliphatic rings. The van der Waals surface area contributed by atoms with E-state index in [1.54, 1.807) is 11.3 Å². The standard InChI is InChI=1S/C21H22ClN3O2S2/c22-16-6-2-1-5-15(16)18(25-9-11-27-12-10-25)13-23-20(26)14-28-21-24-17-7-3-4-8-19(17)29-21/h1-8,18H,9-14H2,(H,23,26). The summed E-state index contributed by atoms with van der Waals surface area (Å²) in [6.45, 7) is 3.56. The van der Waals surface area contributed by atoms with Gasteiger partial charge < -0.3 is 10.1 Å². The Labute approximate surface area is 183 Å². The van der Waals surface area contributed by atoms with Crippen molar-refractivity contribution in [3.63, 3.8) is 0 Å². The number of ether oxygens (including phenoxy) is 1. The Morgan fingerprint density at radius 1 is 1.21 bits per heavy atom. The van der Waals surface area contributed by atoms with Crippen LogP contribution < -0.4 is 5.32 Å². The zero-order chi connectivity index (χ0) is 20.1. The summed E-state index contributed by atoms with van der Waals surface area (Å²) in [4.78, 5) is 19.4. The quantitative estimate of drug-likeness (QED) is 0.549. The molecular weight excluding hydrogens is 426 g/mol. The van der Waals surface area contributed by atoms with E-state index in [9.17, 15) is 4.79 Å². The highest BCUT2D eigenvalue weighted by Crippen LogP contribution is 2.30. The summed E-state index contributed by atoms with van der Waals surface area (Å²) >= 11 is 9.55. The molecule has 0 bridgehead atoms. The minimum absolute atomic E-state index is 0.000399. The Bertz CT molecular complexity index is 942. The Hall–Kier alpha value is -1.64. The summed E-state index contributed by atoms with van der Waals surface area (Å²) in [7, 11) is 0. The maximum atomic E-state index is 12.5. The topological polar surface area (TPSA) is 54.5 Å². The smallest absolute Gasteiger partial charge is 0.230 e.